The Bertz CT molecular complexity index is 718. The lowest BCUT2D eigenvalue weighted by molar-refractivity contribution is 0.450. The van der Waals surface area contributed by atoms with E-state index >= 15 is 0 Å². The van der Waals surface area contributed by atoms with Gasteiger partial charge in [-0.1, -0.05) is 0 Å². The third-order valence-electron chi connectivity index (χ3n) is 4.21. The smallest absolute Gasteiger partial charge is 0.255 e. The van der Waals surface area contributed by atoms with Crippen molar-refractivity contribution in [2.75, 3.05) is 24.7 Å². The van der Waals surface area contributed by atoms with Gasteiger partial charge in [0, 0.05) is 44.2 Å². The summed E-state index contributed by atoms with van der Waals surface area (Å²) in [6, 6.07) is 5.79. The van der Waals surface area contributed by atoms with E-state index in [4.69, 9.17) is 0 Å². The van der Waals surface area contributed by atoms with Crippen molar-refractivity contribution in [2.24, 2.45) is 7.05 Å². The minimum absolute atomic E-state index is 0.0637. The van der Waals surface area contributed by atoms with Gasteiger partial charge in [-0.05, 0) is 25.0 Å². The Morgan fingerprint density at radius 2 is 2.17 bits per heavy atom. The molecule has 122 valence electrons. The van der Waals surface area contributed by atoms with Crippen molar-refractivity contribution in [1.82, 2.24) is 18.8 Å². The highest BCUT2D eigenvalue weighted by molar-refractivity contribution is 7.75. The van der Waals surface area contributed by atoms with Gasteiger partial charge in [0.15, 0.2) is 0 Å². The van der Waals surface area contributed by atoms with Gasteiger partial charge >= 0.3 is 0 Å². The van der Waals surface area contributed by atoms with Crippen molar-refractivity contribution in [3.63, 3.8) is 0 Å². The molecule has 0 aliphatic carbocycles. The zero-order valence-electron chi connectivity index (χ0n) is 13.4. The normalized spacial score (nSPS) is 18.3. The van der Waals surface area contributed by atoms with Gasteiger partial charge in [0.2, 0.25) is 5.95 Å². The fourth-order valence-electron chi connectivity index (χ4n) is 2.87. The van der Waals surface area contributed by atoms with Crippen LogP contribution in [-0.4, -0.2) is 44.2 Å². The second kappa shape index (κ2) is 7.14. The fourth-order valence-corrected chi connectivity index (χ4v) is 3.73. The molecule has 6 nitrogen and oxygen atoms in total. The molecular weight excluding hydrogens is 310 g/mol. The van der Waals surface area contributed by atoms with Crippen molar-refractivity contribution < 1.29 is 0 Å². The highest BCUT2D eigenvalue weighted by Gasteiger charge is 2.28. The largest absolute Gasteiger partial charge is 0.354 e. The van der Waals surface area contributed by atoms with Crippen LogP contribution < -0.4 is 10.9 Å². The van der Waals surface area contributed by atoms with E-state index in [-0.39, 0.29) is 5.56 Å². The van der Waals surface area contributed by atoms with Crippen molar-refractivity contribution in [1.29, 1.82) is 0 Å². The molecule has 0 spiro atoms. The van der Waals surface area contributed by atoms with Crippen LogP contribution in [0.2, 0.25) is 0 Å². The van der Waals surface area contributed by atoms with Crippen molar-refractivity contribution in [2.45, 2.75) is 18.9 Å². The Hall–Kier alpha value is -1.86. The number of nitrogens with zero attached hydrogens (tertiary/aromatic N) is 4. The van der Waals surface area contributed by atoms with E-state index in [1.807, 2.05) is 12.1 Å². The molecule has 0 unspecified atom stereocenters. The van der Waals surface area contributed by atoms with Crippen molar-refractivity contribution in [3.8, 4) is 11.3 Å². The number of rotatable bonds is 5. The van der Waals surface area contributed by atoms with Crippen LogP contribution in [0.25, 0.3) is 11.3 Å². The molecule has 7 heteroatoms. The van der Waals surface area contributed by atoms with Crippen LogP contribution >= 0.6 is 0 Å². The summed E-state index contributed by atoms with van der Waals surface area (Å²) in [6.07, 6.45) is 8.00. The first-order valence-electron chi connectivity index (χ1n) is 7.78. The summed E-state index contributed by atoms with van der Waals surface area (Å²) in [5, 5.41) is 3.36. The molecule has 1 atom stereocenters. The van der Waals surface area contributed by atoms with Gasteiger partial charge < -0.3 is 5.32 Å². The lowest BCUT2D eigenvalue weighted by Gasteiger charge is -2.18. The van der Waals surface area contributed by atoms with E-state index in [0.717, 1.165) is 18.7 Å². The van der Waals surface area contributed by atoms with Crippen LogP contribution in [0.3, 0.4) is 0 Å². The number of nitrogens with one attached hydrogen (secondary N) is 1. The van der Waals surface area contributed by atoms with E-state index < -0.39 is 0 Å². The Balaban J connectivity index is 1.81. The summed E-state index contributed by atoms with van der Waals surface area (Å²) >= 11 is 1.30. The molecule has 2 aromatic heterocycles. The number of aromatic nitrogens is 3. The van der Waals surface area contributed by atoms with E-state index in [2.05, 4.69) is 25.8 Å². The summed E-state index contributed by atoms with van der Waals surface area (Å²) in [7, 11) is 1.75. The average molecular weight is 332 g/mol. The maximum Gasteiger partial charge on any atom is 0.255 e. The molecule has 1 aliphatic rings. The fraction of sp³-hybridized carbons (Fsp3) is 0.438. The first-order valence-corrected chi connectivity index (χ1v) is 9.07. The molecule has 23 heavy (non-hydrogen) atoms. The molecular formula is C16H22N5OS+. The second-order valence-electron chi connectivity index (χ2n) is 5.64. The predicted octanol–water partition coefficient (Wildman–Crippen LogP) is 1.08. The maximum absolute atomic E-state index is 12.2. The Kier molecular flexibility index (Phi) is 4.97. The second-order valence-corrected chi connectivity index (χ2v) is 6.55. The zero-order valence-corrected chi connectivity index (χ0v) is 14.3. The third kappa shape index (κ3) is 3.56. The van der Waals surface area contributed by atoms with Crippen LogP contribution in [-0.2, 0) is 19.0 Å². The lowest BCUT2D eigenvalue weighted by Crippen LogP contribution is -2.34. The van der Waals surface area contributed by atoms with Gasteiger partial charge in [-0.2, -0.15) is 0 Å². The molecule has 3 rings (SSSR count). The molecule has 0 radical (unpaired) electrons. The Morgan fingerprint density at radius 3 is 2.91 bits per heavy atom. The van der Waals surface area contributed by atoms with Crippen LogP contribution in [0.1, 0.15) is 12.8 Å². The number of hydrogen-bond acceptors (Lipinski definition) is 5. The number of pyridine rings is 1. The topological polar surface area (TPSA) is 63.0 Å². The molecule has 2 aromatic rings. The molecule has 0 saturated carbocycles. The van der Waals surface area contributed by atoms with Crippen LogP contribution in [0.5, 0.6) is 0 Å². The minimum Gasteiger partial charge on any atom is -0.354 e. The molecule has 1 aliphatic heterocycles. The molecule has 1 fully saturated rings. The molecule has 1 N–H and O–H groups in total. The zero-order chi connectivity index (χ0) is 16.2. The number of hydrogen-bond donors (Lipinski definition) is 1. The summed E-state index contributed by atoms with van der Waals surface area (Å²) < 4.78 is 4.01. The number of thiol groups is 1. The van der Waals surface area contributed by atoms with Crippen LogP contribution in [0.15, 0.2) is 35.4 Å². The first kappa shape index (κ1) is 16.0. The van der Waals surface area contributed by atoms with Gasteiger partial charge in [0.1, 0.15) is 6.26 Å². The predicted molar refractivity (Wildman–Crippen MR) is 95.6 cm³/mol. The number of anilines is 1. The maximum atomic E-state index is 12.2. The first-order chi connectivity index (χ1) is 11.2. The van der Waals surface area contributed by atoms with E-state index in [1.165, 1.54) is 24.8 Å². The quantitative estimate of drug-likeness (QED) is 0.656. The highest BCUT2D eigenvalue weighted by Crippen LogP contribution is 2.19. The van der Waals surface area contributed by atoms with Crippen molar-refractivity contribution >= 4 is 17.9 Å². The minimum atomic E-state index is -0.0637. The van der Waals surface area contributed by atoms with Gasteiger partial charge in [0.05, 0.1) is 23.7 Å². The average Bonchev–Trinajstić information content (AvgIpc) is 3.04. The lowest BCUT2D eigenvalue weighted by atomic mass is 10.2. The van der Waals surface area contributed by atoms with E-state index in [0.29, 0.717) is 17.7 Å². The summed E-state index contributed by atoms with van der Waals surface area (Å²) in [5.41, 5.74) is 1.51. The standard InChI is InChI=1S/C16H21N5OS/c1-20-15(22)10-14(12-5-7-17-8-6-12)19-16(20)18-11-13-4-3-9-21(13)23-2/h5-8,10,13H,3-4,9,11H2,1-2H3,(H,18,19)/p+1/t13-/m1/s1. The monoisotopic (exact) mass is 332 g/mol. The van der Waals surface area contributed by atoms with Crippen LogP contribution in [0, 0.1) is 0 Å². The third-order valence-corrected chi connectivity index (χ3v) is 5.25. The molecule has 0 aromatic carbocycles. The van der Waals surface area contributed by atoms with Gasteiger partial charge in [-0.3, -0.25) is 14.3 Å². The van der Waals surface area contributed by atoms with Crippen molar-refractivity contribution in [3.05, 3.63) is 40.9 Å². The molecule has 0 bridgehead atoms. The van der Waals surface area contributed by atoms with Gasteiger partial charge in [-0.25, -0.2) is 4.98 Å². The van der Waals surface area contributed by atoms with Gasteiger partial charge in [-0.15, -0.1) is 4.31 Å². The molecule has 0 amide bonds. The van der Waals surface area contributed by atoms with Gasteiger partial charge in [0.25, 0.3) is 5.56 Å². The highest BCUT2D eigenvalue weighted by atomic mass is 32.2. The van der Waals surface area contributed by atoms with E-state index in [1.54, 1.807) is 30.1 Å². The molecule has 1 saturated heterocycles. The molecule has 3 heterocycles. The van der Waals surface area contributed by atoms with Crippen LogP contribution in [0.4, 0.5) is 5.95 Å². The van der Waals surface area contributed by atoms with E-state index in [9.17, 15) is 4.79 Å². The summed E-state index contributed by atoms with van der Waals surface area (Å²) in [4.78, 5) is 20.8. The summed E-state index contributed by atoms with van der Waals surface area (Å²) in [5.74, 6) is 0.615. The Labute approximate surface area is 140 Å². The SMILES string of the molecule is C[SH+]N1CCC[C@@H]1CNc1nc(-c2ccncc2)cc(=O)n1C. The summed E-state index contributed by atoms with van der Waals surface area (Å²) in [6.45, 7) is 1.95. The Morgan fingerprint density at radius 1 is 1.39 bits per heavy atom.